The molecule has 16 heavy (non-hydrogen) atoms. The van der Waals surface area contributed by atoms with E-state index in [2.05, 4.69) is 21.2 Å². The molecule has 0 aromatic heterocycles. The van der Waals surface area contributed by atoms with Crippen LogP contribution in [-0.2, 0) is 0 Å². The van der Waals surface area contributed by atoms with Gasteiger partial charge in [-0.3, -0.25) is 4.79 Å². The third-order valence-corrected chi connectivity index (χ3v) is 2.56. The number of hydrogen-bond acceptors (Lipinski definition) is 2. The van der Waals surface area contributed by atoms with Crippen LogP contribution in [0.15, 0.2) is 22.7 Å². The summed E-state index contributed by atoms with van der Waals surface area (Å²) in [5, 5.41) is 11.2. The lowest BCUT2D eigenvalue weighted by atomic mass is 10.1. The summed E-state index contributed by atoms with van der Waals surface area (Å²) in [7, 11) is 0. The number of nitrogens with zero attached hydrogens (tertiary/aromatic N) is 1. The largest absolute Gasteiger partial charge is 0.334 e. The van der Waals surface area contributed by atoms with Crippen LogP contribution in [0.5, 0.6) is 0 Å². The predicted octanol–water partition coefficient (Wildman–Crippen LogP) is 2.62. The Morgan fingerprint density at radius 3 is 2.69 bits per heavy atom. The highest BCUT2D eigenvalue weighted by atomic mass is 79.9. The van der Waals surface area contributed by atoms with Crippen LogP contribution >= 0.6 is 15.9 Å². The van der Waals surface area contributed by atoms with Crippen molar-refractivity contribution in [1.29, 1.82) is 5.26 Å². The summed E-state index contributed by atoms with van der Waals surface area (Å²) in [6, 6.07) is 6.16. The fraction of sp³-hybridized carbons (Fsp3) is 0.273. The summed E-state index contributed by atoms with van der Waals surface area (Å²) < 4.78 is 13.8. The quantitative estimate of drug-likeness (QED) is 0.908. The van der Waals surface area contributed by atoms with Crippen molar-refractivity contribution >= 4 is 21.8 Å². The standard InChI is InChI=1S/C11H10BrFN2O/c1-11(2,6-14)15-10(16)9-7(12)4-3-5-8(9)13/h3-5H,1-2H3,(H,15,16). The fourth-order valence-electron chi connectivity index (χ4n) is 1.09. The van der Waals surface area contributed by atoms with Crippen LogP contribution in [0.2, 0.25) is 0 Å². The van der Waals surface area contributed by atoms with Gasteiger partial charge in [0.25, 0.3) is 5.91 Å². The van der Waals surface area contributed by atoms with Crippen molar-refractivity contribution in [3.05, 3.63) is 34.1 Å². The Kier molecular flexibility index (Phi) is 3.66. The van der Waals surface area contributed by atoms with Gasteiger partial charge in [-0.25, -0.2) is 4.39 Å². The number of benzene rings is 1. The minimum absolute atomic E-state index is 0.0918. The van der Waals surface area contributed by atoms with E-state index in [0.29, 0.717) is 4.47 Å². The zero-order valence-corrected chi connectivity index (χ0v) is 10.4. The highest BCUT2D eigenvalue weighted by Gasteiger charge is 2.23. The second-order valence-electron chi connectivity index (χ2n) is 3.79. The second kappa shape index (κ2) is 4.62. The number of amides is 1. The number of nitrogens with one attached hydrogen (secondary N) is 1. The molecule has 0 aliphatic rings. The molecule has 0 aliphatic carbocycles. The highest BCUT2D eigenvalue weighted by molar-refractivity contribution is 9.10. The van der Waals surface area contributed by atoms with Crippen LogP contribution in [-0.4, -0.2) is 11.4 Å². The molecule has 3 nitrogen and oxygen atoms in total. The third-order valence-electron chi connectivity index (χ3n) is 1.90. The van der Waals surface area contributed by atoms with Gasteiger partial charge in [-0.05, 0) is 41.9 Å². The van der Waals surface area contributed by atoms with Gasteiger partial charge < -0.3 is 5.32 Å². The van der Waals surface area contributed by atoms with E-state index in [1.54, 1.807) is 19.9 Å². The van der Waals surface area contributed by atoms with E-state index in [0.717, 1.165) is 0 Å². The first kappa shape index (κ1) is 12.7. The minimum Gasteiger partial charge on any atom is -0.334 e. The molecular weight excluding hydrogens is 275 g/mol. The van der Waals surface area contributed by atoms with Crippen LogP contribution in [0.3, 0.4) is 0 Å². The normalized spacial score (nSPS) is 10.7. The van der Waals surface area contributed by atoms with Crippen LogP contribution in [0.4, 0.5) is 4.39 Å². The maximum absolute atomic E-state index is 13.4. The molecular formula is C11H10BrFN2O. The van der Waals surface area contributed by atoms with E-state index in [4.69, 9.17) is 5.26 Å². The van der Waals surface area contributed by atoms with E-state index in [-0.39, 0.29) is 5.56 Å². The molecule has 5 heteroatoms. The van der Waals surface area contributed by atoms with E-state index < -0.39 is 17.3 Å². The van der Waals surface area contributed by atoms with Crippen molar-refractivity contribution < 1.29 is 9.18 Å². The average molecular weight is 285 g/mol. The third kappa shape index (κ3) is 2.80. The van der Waals surface area contributed by atoms with Gasteiger partial charge in [0.15, 0.2) is 0 Å². The smallest absolute Gasteiger partial charge is 0.256 e. The first-order chi connectivity index (χ1) is 7.37. The molecule has 0 aliphatic heterocycles. The molecule has 0 saturated heterocycles. The number of carbonyl (C=O) groups excluding carboxylic acids is 1. The van der Waals surface area contributed by atoms with Crippen LogP contribution in [0.25, 0.3) is 0 Å². The molecule has 0 bridgehead atoms. The summed E-state index contributed by atoms with van der Waals surface area (Å²) in [5.74, 6) is -1.24. The van der Waals surface area contributed by atoms with Crippen LogP contribution < -0.4 is 5.32 Å². The molecule has 0 atom stereocenters. The maximum atomic E-state index is 13.4. The minimum atomic E-state index is -1.03. The molecule has 0 spiro atoms. The maximum Gasteiger partial charge on any atom is 0.256 e. The van der Waals surface area contributed by atoms with E-state index in [9.17, 15) is 9.18 Å². The zero-order valence-electron chi connectivity index (χ0n) is 8.84. The molecule has 0 radical (unpaired) electrons. The fourth-order valence-corrected chi connectivity index (χ4v) is 1.61. The Hall–Kier alpha value is -1.41. The van der Waals surface area contributed by atoms with Crippen molar-refractivity contribution in [3.8, 4) is 6.07 Å². The topological polar surface area (TPSA) is 52.9 Å². The molecule has 1 rings (SSSR count). The zero-order chi connectivity index (χ0) is 12.3. The summed E-state index contributed by atoms with van der Waals surface area (Å²) in [4.78, 5) is 11.7. The Labute approximate surface area is 101 Å². The predicted molar refractivity (Wildman–Crippen MR) is 61.3 cm³/mol. The van der Waals surface area contributed by atoms with E-state index in [1.807, 2.05) is 6.07 Å². The molecule has 0 fully saturated rings. The van der Waals surface area contributed by atoms with Crippen molar-refractivity contribution in [2.45, 2.75) is 19.4 Å². The van der Waals surface area contributed by atoms with Gasteiger partial charge in [-0.15, -0.1) is 0 Å². The molecule has 1 amide bonds. The van der Waals surface area contributed by atoms with Gasteiger partial charge >= 0.3 is 0 Å². The molecule has 1 aromatic rings. The van der Waals surface area contributed by atoms with Gasteiger partial charge in [-0.2, -0.15) is 5.26 Å². The SMILES string of the molecule is CC(C)(C#N)NC(=O)c1c(F)cccc1Br. The Morgan fingerprint density at radius 2 is 2.19 bits per heavy atom. The lowest BCUT2D eigenvalue weighted by Gasteiger charge is -2.18. The van der Waals surface area contributed by atoms with Crippen molar-refractivity contribution in [1.82, 2.24) is 5.32 Å². The van der Waals surface area contributed by atoms with Gasteiger partial charge in [0.2, 0.25) is 0 Å². The lowest BCUT2D eigenvalue weighted by Crippen LogP contribution is -2.42. The average Bonchev–Trinajstić information content (AvgIpc) is 2.16. The summed E-state index contributed by atoms with van der Waals surface area (Å²) in [6.07, 6.45) is 0. The van der Waals surface area contributed by atoms with Crippen molar-refractivity contribution in [2.24, 2.45) is 0 Å². The summed E-state index contributed by atoms with van der Waals surface area (Å²) in [6.45, 7) is 3.08. The summed E-state index contributed by atoms with van der Waals surface area (Å²) >= 11 is 3.09. The molecule has 84 valence electrons. The van der Waals surface area contributed by atoms with Crippen molar-refractivity contribution in [2.75, 3.05) is 0 Å². The second-order valence-corrected chi connectivity index (χ2v) is 4.64. The number of carbonyl (C=O) groups is 1. The Balaban J connectivity index is 3.04. The lowest BCUT2D eigenvalue weighted by molar-refractivity contribution is 0.0924. The Bertz CT molecular complexity index is 445. The summed E-state index contributed by atoms with van der Waals surface area (Å²) in [5.41, 5.74) is -1.12. The first-order valence-electron chi connectivity index (χ1n) is 4.55. The van der Waals surface area contributed by atoms with Gasteiger partial charge in [0, 0.05) is 4.47 Å². The molecule has 0 saturated carbocycles. The molecule has 1 aromatic carbocycles. The van der Waals surface area contributed by atoms with E-state index in [1.165, 1.54) is 12.1 Å². The van der Waals surface area contributed by atoms with Crippen LogP contribution in [0, 0.1) is 17.1 Å². The molecule has 0 unspecified atom stereocenters. The first-order valence-corrected chi connectivity index (χ1v) is 5.34. The van der Waals surface area contributed by atoms with Gasteiger partial charge in [0.05, 0.1) is 11.6 Å². The molecule has 0 heterocycles. The van der Waals surface area contributed by atoms with E-state index >= 15 is 0 Å². The van der Waals surface area contributed by atoms with Gasteiger partial charge in [0.1, 0.15) is 11.4 Å². The number of hydrogen-bond donors (Lipinski definition) is 1. The van der Waals surface area contributed by atoms with Crippen molar-refractivity contribution in [3.63, 3.8) is 0 Å². The number of halogens is 2. The van der Waals surface area contributed by atoms with Gasteiger partial charge in [-0.1, -0.05) is 6.07 Å². The van der Waals surface area contributed by atoms with Crippen LogP contribution in [0.1, 0.15) is 24.2 Å². The number of nitriles is 1. The number of rotatable bonds is 2. The highest BCUT2D eigenvalue weighted by Crippen LogP contribution is 2.20. The monoisotopic (exact) mass is 284 g/mol. The molecule has 1 N–H and O–H groups in total. The Morgan fingerprint density at radius 1 is 1.56 bits per heavy atom.